The van der Waals surface area contributed by atoms with E-state index in [1.807, 2.05) is 73.7 Å². The fourth-order valence-corrected chi connectivity index (χ4v) is 4.07. The van der Waals surface area contributed by atoms with Crippen LogP contribution in [0.25, 0.3) is 21.9 Å². The number of hydrogen-bond acceptors (Lipinski definition) is 4. The molecule has 31 heavy (non-hydrogen) atoms. The second-order valence-electron chi connectivity index (χ2n) is 7.63. The number of carbonyl (C=O) groups excluding carboxylic acids is 2. The molecule has 0 bridgehead atoms. The Morgan fingerprint density at radius 1 is 1.06 bits per heavy atom. The number of hydrogen-bond donors (Lipinski definition) is 1. The molecule has 0 radical (unpaired) electrons. The molecule has 2 heterocycles. The summed E-state index contributed by atoms with van der Waals surface area (Å²) in [5.74, 6) is 0.118. The van der Waals surface area contributed by atoms with E-state index in [-0.39, 0.29) is 18.2 Å². The van der Waals surface area contributed by atoms with Gasteiger partial charge in [0, 0.05) is 41.2 Å². The summed E-state index contributed by atoms with van der Waals surface area (Å²) < 4.78 is 11.3. The smallest absolute Gasteiger partial charge is 0.229 e. The van der Waals surface area contributed by atoms with Gasteiger partial charge in [0.2, 0.25) is 11.8 Å². The van der Waals surface area contributed by atoms with Gasteiger partial charge in [-0.05, 0) is 49.4 Å². The molecule has 1 atom stereocenters. The highest BCUT2D eigenvalue weighted by atomic mass is 16.5. The molecule has 1 aliphatic heterocycles. The Bertz CT molecular complexity index is 1280. The van der Waals surface area contributed by atoms with E-state index in [0.717, 1.165) is 33.4 Å². The topological polar surface area (TPSA) is 71.8 Å². The van der Waals surface area contributed by atoms with Gasteiger partial charge in [-0.15, -0.1) is 0 Å². The van der Waals surface area contributed by atoms with Crippen LogP contribution in [0.4, 0.5) is 11.4 Å². The van der Waals surface area contributed by atoms with Crippen molar-refractivity contribution in [1.29, 1.82) is 0 Å². The van der Waals surface area contributed by atoms with Crippen LogP contribution in [-0.2, 0) is 9.59 Å². The van der Waals surface area contributed by atoms with E-state index >= 15 is 0 Å². The Balaban J connectivity index is 1.30. The average Bonchev–Trinajstić information content (AvgIpc) is 3.34. The van der Waals surface area contributed by atoms with E-state index in [9.17, 15) is 9.59 Å². The third-order valence-corrected chi connectivity index (χ3v) is 5.60. The number of furan rings is 1. The summed E-state index contributed by atoms with van der Waals surface area (Å²) in [7, 11) is 0. The number of carbonyl (C=O) groups is 2. The molecule has 1 saturated heterocycles. The zero-order valence-corrected chi connectivity index (χ0v) is 17.1. The highest BCUT2D eigenvalue weighted by Gasteiger charge is 2.35. The highest BCUT2D eigenvalue weighted by Crippen LogP contribution is 2.31. The Morgan fingerprint density at radius 2 is 1.84 bits per heavy atom. The number of ether oxygens (including phenoxy) is 1. The molecule has 0 spiro atoms. The number of benzene rings is 3. The van der Waals surface area contributed by atoms with Crippen LogP contribution in [0.3, 0.4) is 0 Å². The van der Waals surface area contributed by atoms with Crippen molar-refractivity contribution in [2.75, 3.05) is 23.4 Å². The van der Waals surface area contributed by atoms with Crippen molar-refractivity contribution < 1.29 is 18.7 Å². The summed E-state index contributed by atoms with van der Waals surface area (Å²) in [6.07, 6.45) is 0.186. The van der Waals surface area contributed by atoms with Gasteiger partial charge in [0.1, 0.15) is 16.9 Å². The number of fused-ring (bicyclic) bond motifs is 3. The zero-order valence-electron chi connectivity index (χ0n) is 17.1. The first kappa shape index (κ1) is 19.2. The Labute approximate surface area is 179 Å². The standard InChI is InChI=1S/C25H22N2O4/c1-2-30-19-10-8-18(9-11-19)27-15-16(13-24(27)28)25(29)26-17-7-12-21-20-5-3-4-6-22(20)31-23(21)14-17/h3-12,14,16H,2,13,15H2,1H3,(H,26,29). The summed E-state index contributed by atoms with van der Waals surface area (Å²) in [6, 6.07) is 20.8. The van der Waals surface area contributed by atoms with Gasteiger partial charge in [0.05, 0.1) is 12.5 Å². The Kier molecular flexibility index (Phi) is 4.82. The number of para-hydroxylation sites is 1. The van der Waals surface area contributed by atoms with Crippen LogP contribution in [0.2, 0.25) is 0 Å². The van der Waals surface area contributed by atoms with E-state index in [4.69, 9.17) is 9.15 Å². The lowest BCUT2D eigenvalue weighted by atomic mass is 10.1. The first-order valence-corrected chi connectivity index (χ1v) is 10.4. The summed E-state index contributed by atoms with van der Waals surface area (Å²) >= 11 is 0. The van der Waals surface area contributed by atoms with Gasteiger partial charge in [-0.1, -0.05) is 18.2 Å². The lowest BCUT2D eigenvalue weighted by molar-refractivity contribution is -0.122. The summed E-state index contributed by atoms with van der Waals surface area (Å²) in [5.41, 5.74) is 2.96. The number of nitrogens with zero attached hydrogens (tertiary/aromatic N) is 1. The van der Waals surface area contributed by atoms with Gasteiger partial charge in [-0.2, -0.15) is 0 Å². The molecule has 1 unspecified atom stereocenters. The van der Waals surface area contributed by atoms with E-state index < -0.39 is 5.92 Å². The van der Waals surface area contributed by atoms with E-state index in [2.05, 4.69) is 5.32 Å². The number of rotatable bonds is 5. The first-order chi connectivity index (χ1) is 15.1. The normalized spacial score (nSPS) is 16.2. The maximum Gasteiger partial charge on any atom is 0.229 e. The number of anilines is 2. The molecule has 2 amide bonds. The Hall–Kier alpha value is -3.80. The molecular weight excluding hydrogens is 392 g/mol. The molecule has 1 N–H and O–H groups in total. The highest BCUT2D eigenvalue weighted by molar-refractivity contribution is 6.07. The lowest BCUT2D eigenvalue weighted by Crippen LogP contribution is -2.28. The summed E-state index contributed by atoms with van der Waals surface area (Å²) in [5, 5.41) is 4.99. The third-order valence-electron chi connectivity index (χ3n) is 5.60. The molecule has 1 aliphatic rings. The maximum absolute atomic E-state index is 12.8. The van der Waals surface area contributed by atoms with Crippen molar-refractivity contribution in [1.82, 2.24) is 0 Å². The zero-order chi connectivity index (χ0) is 21.4. The molecule has 0 saturated carbocycles. The van der Waals surface area contributed by atoms with Crippen LogP contribution in [-0.4, -0.2) is 25.0 Å². The fraction of sp³-hybridized carbons (Fsp3) is 0.200. The van der Waals surface area contributed by atoms with Crippen LogP contribution < -0.4 is 15.0 Å². The average molecular weight is 414 g/mol. The lowest BCUT2D eigenvalue weighted by Gasteiger charge is -2.17. The second-order valence-corrected chi connectivity index (χ2v) is 7.63. The van der Waals surface area contributed by atoms with Gasteiger partial charge in [0.25, 0.3) is 0 Å². The molecule has 0 aliphatic carbocycles. The Morgan fingerprint density at radius 3 is 2.65 bits per heavy atom. The SMILES string of the molecule is CCOc1ccc(N2CC(C(=O)Nc3ccc4c(c3)oc3ccccc34)CC2=O)cc1. The molecule has 5 rings (SSSR count). The first-order valence-electron chi connectivity index (χ1n) is 10.4. The second kappa shape index (κ2) is 7.80. The van der Waals surface area contributed by atoms with Crippen LogP contribution in [0, 0.1) is 5.92 Å². The maximum atomic E-state index is 12.8. The number of nitrogens with one attached hydrogen (secondary N) is 1. The van der Waals surface area contributed by atoms with Gasteiger partial charge in [0.15, 0.2) is 0 Å². The van der Waals surface area contributed by atoms with Gasteiger partial charge < -0.3 is 19.4 Å². The molecule has 1 aromatic heterocycles. The monoisotopic (exact) mass is 414 g/mol. The van der Waals surface area contributed by atoms with Crippen molar-refractivity contribution in [2.45, 2.75) is 13.3 Å². The van der Waals surface area contributed by atoms with Crippen LogP contribution in [0.1, 0.15) is 13.3 Å². The molecule has 4 aromatic rings. The summed E-state index contributed by atoms with van der Waals surface area (Å²) in [4.78, 5) is 27.0. The van der Waals surface area contributed by atoms with Crippen LogP contribution in [0.15, 0.2) is 71.1 Å². The minimum absolute atomic E-state index is 0.0583. The van der Waals surface area contributed by atoms with E-state index in [1.165, 1.54) is 0 Å². The summed E-state index contributed by atoms with van der Waals surface area (Å²) in [6.45, 7) is 2.86. The quantitative estimate of drug-likeness (QED) is 0.500. The van der Waals surface area contributed by atoms with Gasteiger partial charge in [-0.3, -0.25) is 9.59 Å². The molecule has 6 heteroatoms. The fourth-order valence-electron chi connectivity index (χ4n) is 4.07. The number of amides is 2. The van der Waals surface area contributed by atoms with E-state index in [1.54, 1.807) is 4.90 Å². The van der Waals surface area contributed by atoms with Crippen molar-refractivity contribution in [3.63, 3.8) is 0 Å². The van der Waals surface area contributed by atoms with Crippen molar-refractivity contribution in [2.24, 2.45) is 5.92 Å². The van der Waals surface area contributed by atoms with Crippen LogP contribution >= 0.6 is 0 Å². The molecule has 156 valence electrons. The minimum atomic E-state index is -0.412. The van der Waals surface area contributed by atoms with Crippen molar-refractivity contribution >= 4 is 45.1 Å². The third kappa shape index (κ3) is 3.61. The largest absolute Gasteiger partial charge is 0.494 e. The van der Waals surface area contributed by atoms with Crippen molar-refractivity contribution in [3.8, 4) is 5.75 Å². The van der Waals surface area contributed by atoms with Gasteiger partial charge >= 0.3 is 0 Å². The molecule has 6 nitrogen and oxygen atoms in total. The molecule has 1 fully saturated rings. The molecule has 3 aromatic carbocycles. The predicted molar refractivity (Wildman–Crippen MR) is 120 cm³/mol. The predicted octanol–water partition coefficient (Wildman–Crippen LogP) is 4.98. The van der Waals surface area contributed by atoms with Gasteiger partial charge in [-0.25, -0.2) is 0 Å². The van der Waals surface area contributed by atoms with Crippen molar-refractivity contribution in [3.05, 3.63) is 66.7 Å². The molecular formula is C25H22N2O4. The van der Waals surface area contributed by atoms with E-state index in [0.29, 0.717) is 18.8 Å². The van der Waals surface area contributed by atoms with Crippen LogP contribution in [0.5, 0.6) is 5.75 Å². The minimum Gasteiger partial charge on any atom is -0.494 e.